The molecule has 0 radical (unpaired) electrons. The molecule has 22 heavy (non-hydrogen) atoms. The van der Waals surface area contributed by atoms with E-state index in [2.05, 4.69) is 29.0 Å². The van der Waals surface area contributed by atoms with Gasteiger partial charge < -0.3 is 16.0 Å². The number of halogens is 2. The summed E-state index contributed by atoms with van der Waals surface area (Å²) in [6.45, 7) is 8.15. The SMILES string of the molecule is CC(C)CN1CCC(NC(=O)c2csc(CN)n2)CC1.Cl.Cl. The first-order valence-electron chi connectivity index (χ1n) is 7.26. The van der Waals surface area contributed by atoms with E-state index in [1.807, 2.05) is 0 Å². The van der Waals surface area contributed by atoms with Gasteiger partial charge in [-0.2, -0.15) is 0 Å². The molecule has 1 aromatic heterocycles. The lowest BCUT2D eigenvalue weighted by Gasteiger charge is -2.33. The Bertz CT molecular complexity index is 448. The molecule has 0 spiro atoms. The second-order valence-corrected chi connectivity index (χ2v) is 6.72. The maximum Gasteiger partial charge on any atom is 0.270 e. The number of thiazole rings is 1. The average molecular weight is 369 g/mol. The van der Waals surface area contributed by atoms with Crippen molar-refractivity contribution in [3.63, 3.8) is 0 Å². The topological polar surface area (TPSA) is 71.2 Å². The Labute approximate surface area is 148 Å². The third-order valence-electron chi connectivity index (χ3n) is 3.51. The highest BCUT2D eigenvalue weighted by Crippen LogP contribution is 2.14. The number of nitrogens with zero attached hydrogens (tertiary/aromatic N) is 2. The molecule has 3 N–H and O–H groups in total. The molecule has 0 aromatic carbocycles. The molecule has 0 aliphatic carbocycles. The Morgan fingerprint density at radius 3 is 2.59 bits per heavy atom. The molecule has 0 bridgehead atoms. The third kappa shape index (κ3) is 6.38. The molecular formula is C14H26Cl2N4OS. The molecule has 0 saturated carbocycles. The van der Waals surface area contributed by atoms with Crippen LogP contribution >= 0.6 is 36.2 Å². The summed E-state index contributed by atoms with van der Waals surface area (Å²) in [5, 5.41) is 5.67. The second-order valence-electron chi connectivity index (χ2n) is 5.77. The van der Waals surface area contributed by atoms with E-state index < -0.39 is 0 Å². The van der Waals surface area contributed by atoms with E-state index in [0.717, 1.165) is 37.5 Å². The van der Waals surface area contributed by atoms with Gasteiger partial charge in [-0.05, 0) is 18.8 Å². The van der Waals surface area contributed by atoms with Crippen molar-refractivity contribution in [2.45, 2.75) is 39.3 Å². The first kappa shape index (κ1) is 21.6. The minimum atomic E-state index is -0.0664. The predicted octanol–water partition coefficient (Wildman–Crippen LogP) is 2.30. The van der Waals surface area contributed by atoms with Gasteiger partial charge in [0.25, 0.3) is 5.91 Å². The van der Waals surface area contributed by atoms with Crippen LogP contribution < -0.4 is 11.1 Å². The third-order valence-corrected chi connectivity index (χ3v) is 4.38. The molecule has 1 aliphatic rings. The normalized spacial score (nSPS) is 16.0. The van der Waals surface area contributed by atoms with Crippen LogP contribution in [0, 0.1) is 5.92 Å². The summed E-state index contributed by atoms with van der Waals surface area (Å²) in [5.41, 5.74) is 6.01. The molecule has 5 nitrogen and oxygen atoms in total. The Morgan fingerprint density at radius 1 is 1.45 bits per heavy atom. The fraction of sp³-hybridized carbons (Fsp3) is 0.714. The largest absolute Gasteiger partial charge is 0.348 e. The first-order chi connectivity index (χ1) is 9.58. The standard InChI is InChI=1S/C14H24N4OS.2ClH/c1-10(2)8-18-5-3-11(4-6-18)16-14(19)12-9-20-13(7-15)17-12;;/h9-11H,3-8,15H2,1-2H3,(H,16,19);2*1H. The summed E-state index contributed by atoms with van der Waals surface area (Å²) in [6.07, 6.45) is 2.04. The molecule has 1 fully saturated rings. The number of nitrogens with one attached hydrogen (secondary N) is 1. The van der Waals surface area contributed by atoms with Crippen LogP contribution in [0.2, 0.25) is 0 Å². The highest BCUT2D eigenvalue weighted by Gasteiger charge is 2.22. The summed E-state index contributed by atoms with van der Waals surface area (Å²) >= 11 is 1.44. The number of amides is 1. The quantitative estimate of drug-likeness (QED) is 0.836. The number of hydrogen-bond donors (Lipinski definition) is 2. The Kier molecular flexibility index (Phi) is 10.2. The van der Waals surface area contributed by atoms with Gasteiger partial charge in [-0.3, -0.25) is 4.79 Å². The highest BCUT2D eigenvalue weighted by atomic mass is 35.5. The van der Waals surface area contributed by atoms with Gasteiger partial charge in [-0.25, -0.2) is 4.98 Å². The minimum Gasteiger partial charge on any atom is -0.348 e. The van der Waals surface area contributed by atoms with E-state index in [1.54, 1.807) is 5.38 Å². The first-order valence-corrected chi connectivity index (χ1v) is 8.14. The van der Waals surface area contributed by atoms with Crippen molar-refractivity contribution >= 4 is 42.1 Å². The zero-order chi connectivity index (χ0) is 14.5. The van der Waals surface area contributed by atoms with Crippen LogP contribution in [0.3, 0.4) is 0 Å². The fourth-order valence-corrected chi connectivity index (χ4v) is 3.20. The van der Waals surface area contributed by atoms with Gasteiger partial charge in [-0.15, -0.1) is 36.2 Å². The van der Waals surface area contributed by atoms with Gasteiger partial charge in [0.2, 0.25) is 0 Å². The Morgan fingerprint density at radius 2 is 2.09 bits per heavy atom. The number of hydrogen-bond acceptors (Lipinski definition) is 5. The zero-order valence-corrected chi connectivity index (χ0v) is 15.5. The van der Waals surface area contributed by atoms with Crippen LogP contribution in [0.25, 0.3) is 0 Å². The lowest BCUT2D eigenvalue weighted by molar-refractivity contribution is 0.0903. The van der Waals surface area contributed by atoms with Crippen LogP contribution in [0.4, 0.5) is 0 Å². The summed E-state index contributed by atoms with van der Waals surface area (Å²) in [4.78, 5) is 18.8. The summed E-state index contributed by atoms with van der Waals surface area (Å²) in [5.74, 6) is 0.633. The number of piperidine rings is 1. The van der Waals surface area contributed by atoms with Crippen molar-refractivity contribution in [2.75, 3.05) is 19.6 Å². The molecule has 8 heteroatoms. The van der Waals surface area contributed by atoms with Gasteiger partial charge in [-0.1, -0.05) is 13.8 Å². The highest BCUT2D eigenvalue weighted by molar-refractivity contribution is 7.09. The van der Waals surface area contributed by atoms with Crippen molar-refractivity contribution in [3.8, 4) is 0 Å². The van der Waals surface area contributed by atoms with E-state index in [0.29, 0.717) is 18.2 Å². The maximum atomic E-state index is 12.1. The van der Waals surface area contributed by atoms with Crippen molar-refractivity contribution in [1.29, 1.82) is 0 Å². The lowest BCUT2D eigenvalue weighted by atomic mass is 10.0. The van der Waals surface area contributed by atoms with Gasteiger partial charge >= 0.3 is 0 Å². The van der Waals surface area contributed by atoms with E-state index in [-0.39, 0.29) is 36.8 Å². The number of rotatable bonds is 5. The van der Waals surface area contributed by atoms with Crippen molar-refractivity contribution in [2.24, 2.45) is 11.7 Å². The smallest absolute Gasteiger partial charge is 0.270 e. The van der Waals surface area contributed by atoms with E-state index in [1.165, 1.54) is 11.3 Å². The molecule has 1 amide bonds. The van der Waals surface area contributed by atoms with Crippen LogP contribution in [0.15, 0.2) is 5.38 Å². The van der Waals surface area contributed by atoms with Crippen molar-refractivity contribution in [1.82, 2.24) is 15.2 Å². The van der Waals surface area contributed by atoms with Crippen LogP contribution in [0.5, 0.6) is 0 Å². The summed E-state index contributed by atoms with van der Waals surface area (Å²) in [6, 6.07) is 0.272. The molecule has 0 unspecified atom stereocenters. The number of aromatic nitrogens is 1. The van der Waals surface area contributed by atoms with E-state index in [4.69, 9.17) is 5.73 Å². The minimum absolute atomic E-state index is 0. The molecule has 2 heterocycles. The van der Waals surface area contributed by atoms with Crippen molar-refractivity contribution < 1.29 is 4.79 Å². The number of likely N-dealkylation sites (tertiary alicyclic amines) is 1. The molecule has 128 valence electrons. The Hall–Kier alpha value is -0.400. The van der Waals surface area contributed by atoms with Gasteiger partial charge in [0, 0.05) is 37.6 Å². The van der Waals surface area contributed by atoms with E-state index >= 15 is 0 Å². The van der Waals surface area contributed by atoms with Gasteiger partial charge in [0.05, 0.1) is 0 Å². The summed E-state index contributed by atoms with van der Waals surface area (Å²) < 4.78 is 0. The van der Waals surface area contributed by atoms with Crippen molar-refractivity contribution in [3.05, 3.63) is 16.1 Å². The second kappa shape index (κ2) is 10.4. The number of nitrogens with two attached hydrogens (primary N) is 1. The maximum absolute atomic E-state index is 12.1. The van der Waals surface area contributed by atoms with Gasteiger partial charge in [0.1, 0.15) is 10.7 Å². The average Bonchev–Trinajstić information content (AvgIpc) is 2.89. The Balaban J connectivity index is 0.00000220. The van der Waals surface area contributed by atoms with Crippen LogP contribution in [-0.4, -0.2) is 41.5 Å². The van der Waals surface area contributed by atoms with Gasteiger partial charge in [0.15, 0.2) is 0 Å². The zero-order valence-electron chi connectivity index (χ0n) is 13.1. The monoisotopic (exact) mass is 368 g/mol. The number of carbonyl (C=O) groups excluding carboxylic acids is 1. The number of carbonyl (C=O) groups is 1. The molecule has 1 saturated heterocycles. The molecule has 0 atom stereocenters. The van der Waals surface area contributed by atoms with Crippen LogP contribution in [0.1, 0.15) is 42.2 Å². The van der Waals surface area contributed by atoms with E-state index in [9.17, 15) is 4.79 Å². The predicted molar refractivity (Wildman–Crippen MR) is 96.3 cm³/mol. The van der Waals surface area contributed by atoms with Crippen LogP contribution in [-0.2, 0) is 6.54 Å². The molecule has 2 rings (SSSR count). The molecule has 1 aliphatic heterocycles. The fourth-order valence-electron chi connectivity index (χ4n) is 2.54. The lowest BCUT2D eigenvalue weighted by Crippen LogP contribution is -2.45. The molecule has 1 aromatic rings. The molecular weight excluding hydrogens is 343 g/mol. The summed E-state index contributed by atoms with van der Waals surface area (Å²) in [7, 11) is 0.